The van der Waals surface area contributed by atoms with E-state index < -0.39 is 5.97 Å². The first-order valence-electron chi connectivity index (χ1n) is 19.3. The maximum Gasteiger partial charge on any atom is 0.306 e. The molecule has 0 aromatic carbocycles. The number of carboxylic acid groups (broad SMARTS) is 1. The van der Waals surface area contributed by atoms with Crippen LogP contribution in [-0.4, -0.2) is 23.1 Å². The van der Waals surface area contributed by atoms with E-state index in [0.29, 0.717) is 12.8 Å². The highest BCUT2D eigenvalue weighted by molar-refractivity contribution is 5.69. The van der Waals surface area contributed by atoms with E-state index >= 15 is 0 Å². The van der Waals surface area contributed by atoms with Gasteiger partial charge in [-0.2, -0.15) is 0 Å². The molecule has 0 radical (unpaired) electrons. The van der Waals surface area contributed by atoms with Crippen molar-refractivity contribution in [3.8, 4) is 0 Å². The summed E-state index contributed by atoms with van der Waals surface area (Å²) < 4.78 is 5.64. The number of allylic oxidation sites excluding steroid dienone is 4. The number of aliphatic carboxylic acids is 1. The number of hydrogen-bond donors (Lipinski definition) is 1. The molecule has 0 fully saturated rings. The number of carbonyl (C=O) groups is 2. The first-order valence-corrected chi connectivity index (χ1v) is 19.3. The Hall–Kier alpha value is -1.58. The fourth-order valence-corrected chi connectivity index (χ4v) is 5.78. The number of unbranched alkanes of at least 4 members (excludes halogenated alkanes) is 24. The smallest absolute Gasteiger partial charge is 0.306 e. The first-order chi connectivity index (χ1) is 21.6. The minimum absolute atomic E-state index is 0.00635. The Bertz CT molecular complexity index is 668. The van der Waals surface area contributed by atoms with Crippen molar-refractivity contribution in [3.05, 3.63) is 24.3 Å². The van der Waals surface area contributed by atoms with Gasteiger partial charge < -0.3 is 9.84 Å². The molecule has 0 aromatic heterocycles. The number of carbonyl (C=O) groups excluding carboxylic acids is 1. The molecule has 0 amide bonds. The van der Waals surface area contributed by atoms with Gasteiger partial charge in [-0.15, -0.1) is 0 Å². The Balaban J connectivity index is 3.32. The zero-order valence-corrected chi connectivity index (χ0v) is 29.5. The third-order valence-electron chi connectivity index (χ3n) is 8.67. The van der Waals surface area contributed by atoms with Crippen molar-refractivity contribution in [3.63, 3.8) is 0 Å². The van der Waals surface area contributed by atoms with Crippen molar-refractivity contribution >= 4 is 11.9 Å². The van der Waals surface area contributed by atoms with Gasteiger partial charge in [0.2, 0.25) is 0 Å². The van der Waals surface area contributed by atoms with Gasteiger partial charge in [0.15, 0.2) is 0 Å². The monoisotopic (exact) mass is 619 g/mol. The Morgan fingerprint density at radius 2 is 0.909 bits per heavy atom. The molecule has 1 N–H and O–H groups in total. The maximum absolute atomic E-state index is 12.1. The zero-order chi connectivity index (χ0) is 32.2. The summed E-state index contributed by atoms with van der Waals surface area (Å²) in [5.41, 5.74) is 0. The summed E-state index contributed by atoms with van der Waals surface area (Å²) in [6, 6.07) is 0. The number of hydrogen-bond acceptors (Lipinski definition) is 3. The molecule has 0 aliphatic carbocycles. The van der Waals surface area contributed by atoms with Gasteiger partial charge >= 0.3 is 11.9 Å². The quantitative estimate of drug-likeness (QED) is 0.0436. The lowest BCUT2D eigenvalue weighted by Crippen LogP contribution is -2.14. The molecule has 4 heteroatoms. The maximum atomic E-state index is 12.1. The second-order valence-corrected chi connectivity index (χ2v) is 13.2. The van der Waals surface area contributed by atoms with Crippen molar-refractivity contribution in [2.24, 2.45) is 0 Å². The van der Waals surface area contributed by atoms with Crippen LogP contribution in [0.1, 0.15) is 213 Å². The van der Waals surface area contributed by atoms with Crippen LogP contribution in [0.15, 0.2) is 24.3 Å². The molecule has 0 spiro atoms. The third kappa shape index (κ3) is 36.6. The minimum atomic E-state index is -0.663. The molecule has 0 bridgehead atoms. The molecule has 0 saturated carbocycles. The molecule has 0 rings (SSSR count). The van der Waals surface area contributed by atoms with Crippen molar-refractivity contribution in [2.75, 3.05) is 0 Å². The molecule has 0 heterocycles. The largest absolute Gasteiger partial charge is 0.481 e. The molecule has 1 atom stereocenters. The van der Waals surface area contributed by atoms with E-state index in [9.17, 15) is 9.59 Å². The zero-order valence-electron chi connectivity index (χ0n) is 29.5. The van der Waals surface area contributed by atoms with E-state index in [0.717, 1.165) is 38.5 Å². The van der Waals surface area contributed by atoms with Crippen LogP contribution in [0.4, 0.5) is 0 Å². The lowest BCUT2D eigenvalue weighted by molar-refractivity contribution is -0.148. The molecule has 0 saturated heterocycles. The number of ether oxygens (including phenoxy) is 1. The van der Waals surface area contributed by atoms with E-state index in [1.165, 1.54) is 148 Å². The molecule has 0 aliphatic rings. The Labute approximate surface area is 274 Å². The predicted molar refractivity (Wildman–Crippen MR) is 190 cm³/mol. The topological polar surface area (TPSA) is 63.6 Å². The van der Waals surface area contributed by atoms with Crippen LogP contribution in [0, 0.1) is 0 Å². The van der Waals surface area contributed by atoms with Gasteiger partial charge in [0, 0.05) is 12.8 Å². The summed E-state index contributed by atoms with van der Waals surface area (Å²) >= 11 is 0. The number of esters is 1. The fraction of sp³-hybridized carbons (Fsp3) is 0.850. The standard InChI is InChI=1S/C40H74O4/c1-3-4-5-6-7-8-9-10-14-19-22-25-28-31-34-37-40(43)44-38(2)35-32-29-26-23-20-17-15-12-11-13-16-18-21-24-27-30-33-36-39(41)42/h7-8,10,14,38H,3-6,9,11-13,15-37H2,1-2H3,(H,41,42)/b8-7-,14-10-. The molecule has 258 valence electrons. The average Bonchev–Trinajstić information content (AvgIpc) is 3.00. The summed E-state index contributed by atoms with van der Waals surface area (Å²) in [5.74, 6) is -0.669. The lowest BCUT2D eigenvalue weighted by atomic mass is 10.0. The van der Waals surface area contributed by atoms with Crippen LogP contribution in [0.2, 0.25) is 0 Å². The molecular weight excluding hydrogens is 544 g/mol. The second kappa shape index (κ2) is 35.9. The summed E-state index contributed by atoms with van der Waals surface area (Å²) in [6.07, 6.45) is 46.1. The van der Waals surface area contributed by atoms with Crippen LogP contribution in [0.3, 0.4) is 0 Å². The van der Waals surface area contributed by atoms with Gasteiger partial charge in [0.05, 0.1) is 6.10 Å². The van der Waals surface area contributed by atoms with Crippen molar-refractivity contribution in [1.82, 2.24) is 0 Å². The first kappa shape index (κ1) is 42.4. The van der Waals surface area contributed by atoms with Crippen LogP contribution in [0.25, 0.3) is 0 Å². The van der Waals surface area contributed by atoms with E-state index in [-0.39, 0.29) is 12.1 Å². The highest BCUT2D eigenvalue weighted by atomic mass is 16.5. The van der Waals surface area contributed by atoms with Gasteiger partial charge in [-0.3, -0.25) is 9.59 Å². The molecule has 0 aliphatic heterocycles. The lowest BCUT2D eigenvalue weighted by Gasteiger charge is -2.13. The van der Waals surface area contributed by atoms with Gasteiger partial charge in [-0.1, -0.05) is 160 Å². The average molecular weight is 619 g/mol. The van der Waals surface area contributed by atoms with Crippen molar-refractivity contribution in [2.45, 2.75) is 219 Å². The van der Waals surface area contributed by atoms with E-state index in [2.05, 4.69) is 38.2 Å². The SMILES string of the molecule is CCCCC/C=C\C/C=C\CCCCCCCC(=O)OC(C)CCCCCCCCCCCCCCCCCCCC(=O)O. The molecule has 44 heavy (non-hydrogen) atoms. The van der Waals surface area contributed by atoms with Crippen LogP contribution in [-0.2, 0) is 14.3 Å². The Morgan fingerprint density at radius 1 is 0.523 bits per heavy atom. The van der Waals surface area contributed by atoms with Gasteiger partial charge in [-0.05, 0) is 64.7 Å². The summed E-state index contributed by atoms with van der Waals surface area (Å²) in [5, 5.41) is 8.64. The van der Waals surface area contributed by atoms with E-state index in [4.69, 9.17) is 9.84 Å². The van der Waals surface area contributed by atoms with E-state index in [1.54, 1.807) is 0 Å². The molecule has 4 nitrogen and oxygen atoms in total. The predicted octanol–water partition coefficient (Wildman–Crippen LogP) is 13.2. The Morgan fingerprint density at radius 3 is 1.36 bits per heavy atom. The van der Waals surface area contributed by atoms with Gasteiger partial charge in [-0.25, -0.2) is 0 Å². The number of carboxylic acids is 1. The molecule has 1 unspecified atom stereocenters. The molecule has 0 aromatic rings. The van der Waals surface area contributed by atoms with Gasteiger partial charge in [0.1, 0.15) is 0 Å². The minimum Gasteiger partial charge on any atom is -0.481 e. The third-order valence-corrected chi connectivity index (χ3v) is 8.67. The highest BCUT2D eigenvalue weighted by Gasteiger charge is 2.09. The van der Waals surface area contributed by atoms with Crippen LogP contribution < -0.4 is 0 Å². The number of rotatable bonds is 35. The molecular formula is C40H74O4. The summed E-state index contributed by atoms with van der Waals surface area (Å²) in [6.45, 7) is 4.30. The Kier molecular flexibility index (Phi) is 34.6. The summed E-state index contributed by atoms with van der Waals surface area (Å²) in [4.78, 5) is 22.6. The van der Waals surface area contributed by atoms with Gasteiger partial charge in [0.25, 0.3) is 0 Å². The fourth-order valence-electron chi connectivity index (χ4n) is 5.78. The van der Waals surface area contributed by atoms with Crippen molar-refractivity contribution in [1.29, 1.82) is 0 Å². The van der Waals surface area contributed by atoms with Crippen LogP contribution in [0.5, 0.6) is 0 Å². The van der Waals surface area contributed by atoms with Crippen molar-refractivity contribution < 1.29 is 19.4 Å². The summed E-state index contributed by atoms with van der Waals surface area (Å²) in [7, 11) is 0. The van der Waals surface area contributed by atoms with E-state index in [1.807, 2.05) is 0 Å². The normalized spacial score (nSPS) is 12.4. The second-order valence-electron chi connectivity index (χ2n) is 13.2. The highest BCUT2D eigenvalue weighted by Crippen LogP contribution is 2.16. The van der Waals surface area contributed by atoms with Crippen LogP contribution >= 0.6 is 0 Å².